The molecule has 1 fully saturated rings. The third-order valence-corrected chi connectivity index (χ3v) is 5.60. The molecule has 7 nitrogen and oxygen atoms in total. The van der Waals surface area contributed by atoms with Gasteiger partial charge >= 0.3 is 0 Å². The zero-order valence-electron chi connectivity index (χ0n) is 11.8. The molecule has 116 valence electrons. The number of sulfonamides is 1. The quantitative estimate of drug-likeness (QED) is 0.625. The molecule has 8 heteroatoms. The van der Waals surface area contributed by atoms with E-state index in [4.69, 9.17) is 0 Å². The summed E-state index contributed by atoms with van der Waals surface area (Å²) < 4.78 is 27.0. The zero-order valence-corrected chi connectivity index (χ0v) is 12.6. The van der Waals surface area contributed by atoms with Crippen LogP contribution in [0.1, 0.15) is 24.0 Å². The van der Waals surface area contributed by atoms with E-state index in [1.54, 1.807) is 19.1 Å². The number of nitrogens with zero attached hydrogens (tertiary/aromatic N) is 1. The molecule has 0 amide bonds. The molecule has 21 heavy (non-hydrogen) atoms. The second-order valence-electron chi connectivity index (χ2n) is 5.15. The largest absolute Gasteiger partial charge is 0.315 e. The number of benzene rings is 1. The van der Waals surface area contributed by atoms with Crippen molar-refractivity contribution in [1.82, 2.24) is 10.0 Å². The number of nitro groups is 1. The van der Waals surface area contributed by atoms with E-state index in [2.05, 4.69) is 10.0 Å². The van der Waals surface area contributed by atoms with Crippen molar-refractivity contribution < 1.29 is 13.3 Å². The van der Waals surface area contributed by atoms with Gasteiger partial charge in [-0.05, 0) is 31.9 Å². The fourth-order valence-corrected chi connectivity index (χ4v) is 3.85. The Hall–Kier alpha value is -1.51. The summed E-state index contributed by atoms with van der Waals surface area (Å²) in [5, 5.41) is 13.5. The topological polar surface area (TPSA) is 101 Å². The molecule has 1 aliphatic heterocycles. The fourth-order valence-electron chi connectivity index (χ4n) is 2.44. The maximum absolute atomic E-state index is 12.2. The number of nitro benzene ring substituents is 1. The third kappa shape index (κ3) is 3.78. The molecule has 1 unspecified atom stereocenters. The molecule has 0 radical (unpaired) electrons. The Kier molecular flexibility index (Phi) is 4.92. The molecule has 1 atom stereocenters. The summed E-state index contributed by atoms with van der Waals surface area (Å²) in [6, 6.07) is 4.68. The lowest BCUT2D eigenvalue weighted by molar-refractivity contribution is -0.385. The SMILES string of the molecule is Cc1c(CNS(=O)(=O)C2CCCNC2)cccc1[N+](=O)[O-]. The van der Waals surface area contributed by atoms with Crippen molar-refractivity contribution in [1.29, 1.82) is 0 Å². The van der Waals surface area contributed by atoms with Crippen molar-refractivity contribution in [3.63, 3.8) is 0 Å². The first-order chi connectivity index (χ1) is 9.92. The summed E-state index contributed by atoms with van der Waals surface area (Å²) in [6.07, 6.45) is 1.47. The van der Waals surface area contributed by atoms with E-state index in [-0.39, 0.29) is 12.2 Å². The summed E-state index contributed by atoms with van der Waals surface area (Å²) in [4.78, 5) is 10.4. The molecule has 1 aromatic rings. The van der Waals surface area contributed by atoms with Gasteiger partial charge in [0.15, 0.2) is 0 Å². The number of hydrogen-bond acceptors (Lipinski definition) is 5. The third-order valence-electron chi connectivity index (χ3n) is 3.77. The number of rotatable bonds is 5. The van der Waals surface area contributed by atoms with Crippen LogP contribution in [0.3, 0.4) is 0 Å². The zero-order chi connectivity index (χ0) is 15.5. The van der Waals surface area contributed by atoms with Gasteiger partial charge in [-0.2, -0.15) is 0 Å². The molecule has 0 saturated carbocycles. The minimum absolute atomic E-state index is 0.00558. The summed E-state index contributed by atoms with van der Waals surface area (Å²) in [6.45, 7) is 3.00. The van der Waals surface area contributed by atoms with Gasteiger partial charge < -0.3 is 5.32 Å². The van der Waals surface area contributed by atoms with Gasteiger partial charge in [0.05, 0.1) is 10.2 Å². The van der Waals surface area contributed by atoms with Crippen molar-refractivity contribution in [2.24, 2.45) is 0 Å². The first-order valence-corrected chi connectivity index (χ1v) is 8.38. The number of piperidine rings is 1. The molecule has 1 aliphatic rings. The lowest BCUT2D eigenvalue weighted by Crippen LogP contribution is -2.44. The average molecular weight is 313 g/mol. The monoisotopic (exact) mass is 313 g/mol. The Bertz CT molecular complexity index is 624. The summed E-state index contributed by atoms with van der Waals surface area (Å²) in [5.41, 5.74) is 1.12. The first-order valence-electron chi connectivity index (χ1n) is 6.84. The predicted molar refractivity (Wildman–Crippen MR) is 79.5 cm³/mol. The van der Waals surface area contributed by atoms with Crippen molar-refractivity contribution in [2.45, 2.75) is 31.6 Å². The van der Waals surface area contributed by atoms with Crippen molar-refractivity contribution in [2.75, 3.05) is 13.1 Å². The van der Waals surface area contributed by atoms with Crippen molar-refractivity contribution >= 4 is 15.7 Å². The second-order valence-corrected chi connectivity index (χ2v) is 7.20. The van der Waals surface area contributed by atoms with E-state index in [9.17, 15) is 18.5 Å². The van der Waals surface area contributed by atoms with Crippen LogP contribution >= 0.6 is 0 Å². The lowest BCUT2D eigenvalue weighted by Gasteiger charge is -2.23. The van der Waals surface area contributed by atoms with Crippen LogP contribution in [0, 0.1) is 17.0 Å². The smallest absolute Gasteiger partial charge is 0.272 e. The lowest BCUT2D eigenvalue weighted by atomic mass is 10.1. The van der Waals surface area contributed by atoms with Gasteiger partial charge in [-0.15, -0.1) is 0 Å². The molecule has 2 rings (SSSR count). The maximum atomic E-state index is 12.2. The molecule has 2 N–H and O–H groups in total. The number of nitrogens with one attached hydrogen (secondary N) is 2. The Morgan fingerprint density at radius 1 is 1.48 bits per heavy atom. The van der Waals surface area contributed by atoms with E-state index in [0.717, 1.165) is 13.0 Å². The first kappa shape index (κ1) is 15.9. The van der Waals surface area contributed by atoms with Gasteiger partial charge in [0.25, 0.3) is 5.69 Å². The van der Waals surface area contributed by atoms with Crippen LogP contribution in [0.5, 0.6) is 0 Å². The molecule has 1 saturated heterocycles. The van der Waals surface area contributed by atoms with Gasteiger partial charge in [-0.1, -0.05) is 12.1 Å². The minimum Gasteiger partial charge on any atom is -0.315 e. The minimum atomic E-state index is -3.41. The Balaban J connectivity index is 2.09. The Labute approximate surface area is 123 Å². The second kappa shape index (κ2) is 6.50. The highest BCUT2D eigenvalue weighted by atomic mass is 32.2. The highest BCUT2D eigenvalue weighted by Gasteiger charge is 2.27. The van der Waals surface area contributed by atoms with E-state index >= 15 is 0 Å². The Morgan fingerprint density at radius 2 is 2.24 bits per heavy atom. The van der Waals surface area contributed by atoms with Crippen LogP contribution in [-0.4, -0.2) is 31.7 Å². The number of hydrogen-bond donors (Lipinski definition) is 2. The molecule has 1 aromatic carbocycles. The summed E-state index contributed by atoms with van der Waals surface area (Å²) in [7, 11) is -3.41. The van der Waals surface area contributed by atoms with Crippen LogP contribution < -0.4 is 10.0 Å². The standard InChI is InChI=1S/C13H19N3O4S/c1-10-11(4-2-6-13(10)16(17)18)8-15-21(19,20)12-5-3-7-14-9-12/h2,4,6,12,14-15H,3,5,7-9H2,1H3. The summed E-state index contributed by atoms with van der Waals surface area (Å²) >= 11 is 0. The van der Waals surface area contributed by atoms with Gasteiger partial charge in [-0.25, -0.2) is 13.1 Å². The van der Waals surface area contributed by atoms with E-state index < -0.39 is 20.2 Å². The predicted octanol–water partition coefficient (Wildman–Crippen LogP) is 1.07. The summed E-state index contributed by atoms with van der Waals surface area (Å²) in [5.74, 6) is 0. The molecular weight excluding hydrogens is 294 g/mol. The van der Waals surface area contributed by atoms with Crippen molar-refractivity contribution in [3.8, 4) is 0 Å². The normalized spacial score (nSPS) is 19.4. The molecule has 0 aromatic heterocycles. The van der Waals surface area contributed by atoms with Crippen LogP contribution in [0.4, 0.5) is 5.69 Å². The highest BCUT2D eigenvalue weighted by Crippen LogP contribution is 2.21. The van der Waals surface area contributed by atoms with Crippen LogP contribution in [0.15, 0.2) is 18.2 Å². The molecule has 0 spiro atoms. The molecule has 1 heterocycles. The average Bonchev–Trinajstić information content (AvgIpc) is 2.47. The molecule has 0 aliphatic carbocycles. The van der Waals surface area contributed by atoms with Crippen LogP contribution in [0.2, 0.25) is 0 Å². The fraction of sp³-hybridized carbons (Fsp3) is 0.538. The Morgan fingerprint density at radius 3 is 2.86 bits per heavy atom. The van der Waals surface area contributed by atoms with E-state index in [1.165, 1.54) is 6.07 Å². The highest BCUT2D eigenvalue weighted by molar-refractivity contribution is 7.90. The van der Waals surface area contributed by atoms with Crippen LogP contribution in [-0.2, 0) is 16.6 Å². The molecule has 0 bridgehead atoms. The molecular formula is C13H19N3O4S. The van der Waals surface area contributed by atoms with Gasteiger partial charge in [0.2, 0.25) is 10.0 Å². The van der Waals surface area contributed by atoms with Gasteiger partial charge in [0.1, 0.15) is 0 Å². The van der Waals surface area contributed by atoms with Crippen LogP contribution in [0.25, 0.3) is 0 Å². The van der Waals surface area contributed by atoms with E-state index in [0.29, 0.717) is 24.1 Å². The van der Waals surface area contributed by atoms with Gasteiger partial charge in [0, 0.05) is 24.7 Å². The van der Waals surface area contributed by atoms with Gasteiger partial charge in [-0.3, -0.25) is 10.1 Å². The van der Waals surface area contributed by atoms with E-state index in [1.807, 2.05) is 0 Å². The maximum Gasteiger partial charge on any atom is 0.272 e. The van der Waals surface area contributed by atoms with Crippen molar-refractivity contribution in [3.05, 3.63) is 39.4 Å².